The summed E-state index contributed by atoms with van der Waals surface area (Å²) in [5, 5.41) is 0. The van der Waals surface area contributed by atoms with E-state index in [0.717, 1.165) is 16.7 Å². The fraction of sp³-hybridized carbons (Fsp3) is 0.357. The molecule has 5 nitrogen and oxygen atoms in total. The Morgan fingerprint density at radius 2 is 1.20 bits per heavy atom. The summed E-state index contributed by atoms with van der Waals surface area (Å²) < 4.78 is 60.0. The number of hydrogen-bond acceptors (Lipinski definition) is 5. The van der Waals surface area contributed by atoms with Crippen molar-refractivity contribution in [2.24, 2.45) is 0 Å². The highest BCUT2D eigenvalue weighted by Gasteiger charge is 2.60. The fourth-order valence-electron chi connectivity index (χ4n) is 3.97. The van der Waals surface area contributed by atoms with Crippen molar-refractivity contribution in [2.45, 2.75) is 50.3 Å². The van der Waals surface area contributed by atoms with Crippen LogP contribution in [0.4, 0.5) is 8.78 Å². The standard InChI is InChI=1S/C28H30F2O5/c1-31-27-25(33-18-22-13-7-3-8-14-22)26(34-19-23-15-9-4-10-16-23)28(29,30)24(35-27)20-32-17-21-11-5-2-6-12-21/h2-16,24-27H,17-20H2,1H3. The quantitative estimate of drug-likeness (QED) is 0.366. The average molecular weight is 485 g/mol. The maximum atomic E-state index is 15.8. The van der Waals surface area contributed by atoms with Crippen molar-refractivity contribution in [3.63, 3.8) is 0 Å². The molecule has 1 heterocycles. The van der Waals surface area contributed by atoms with E-state index in [-0.39, 0.29) is 26.4 Å². The van der Waals surface area contributed by atoms with Crippen molar-refractivity contribution < 1.29 is 32.5 Å². The van der Waals surface area contributed by atoms with Gasteiger partial charge >= 0.3 is 5.92 Å². The molecule has 0 amide bonds. The van der Waals surface area contributed by atoms with E-state index in [4.69, 9.17) is 23.7 Å². The molecule has 1 fully saturated rings. The van der Waals surface area contributed by atoms with Crippen LogP contribution in [0.5, 0.6) is 0 Å². The van der Waals surface area contributed by atoms with Crippen LogP contribution in [0.1, 0.15) is 16.7 Å². The van der Waals surface area contributed by atoms with Crippen LogP contribution in [0.25, 0.3) is 0 Å². The van der Waals surface area contributed by atoms with Crippen molar-refractivity contribution in [2.75, 3.05) is 13.7 Å². The summed E-state index contributed by atoms with van der Waals surface area (Å²) in [7, 11) is 1.41. The van der Waals surface area contributed by atoms with E-state index in [1.165, 1.54) is 7.11 Å². The van der Waals surface area contributed by atoms with E-state index in [1.54, 1.807) is 0 Å². The second-order valence-corrected chi connectivity index (χ2v) is 8.38. The van der Waals surface area contributed by atoms with Gasteiger partial charge in [0.15, 0.2) is 18.5 Å². The maximum Gasteiger partial charge on any atom is 0.304 e. The van der Waals surface area contributed by atoms with Crippen LogP contribution in [0, 0.1) is 0 Å². The Hall–Kier alpha value is -2.68. The van der Waals surface area contributed by atoms with Gasteiger partial charge in [-0.15, -0.1) is 0 Å². The van der Waals surface area contributed by atoms with Gasteiger partial charge in [0, 0.05) is 7.11 Å². The Kier molecular flexibility index (Phi) is 8.95. The molecule has 7 heteroatoms. The van der Waals surface area contributed by atoms with Gasteiger partial charge in [0.05, 0.1) is 26.4 Å². The van der Waals surface area contributed by atoms with Gasteiger partial charge in [-0.1, -0.05) is 91.0 Å². The normalized spacial score (nSPS) is 23.7. The molecule has 0 aromatic heterocycles. The highest BCUT2D eigenvalue weighted by Crippen LogP contribution is 2.39. The minimum Gasteiger partial charge on any atom is -0.374 e. The van der Waals surface area contributed by atoms with Crippen molar-refractivity contribution in [1.29, 1.82) is 0 Å². The Labute approximate surface area is 204 Å². The van der Waals surface area contributed by atoms with Gasteiger partial charge in [0.2, 0.25) is 0 Å². The number of ether oxygens (including phenoxy) is 5. The average Bonchev–Trinajstić information content (AvgIpc) is 2.89. The smallest absolute Gasteiger partial charge is 0.304 e. The lowest BCUT2D eigenvalue weighted by Crippen LogP contribution is -2.64. The summed E-state index contributed by atoms with van der Waals surface area (Å²) in [6, 6.07) is 27.9. The third-order valence-electron chi connectivity index (χ3n) is 5.84. The van der Waals surface area contributed by atoms with Crippen LogP contribution in [0.2, 0.25) is 0 Å². The molecule has 1 saturated heterocycles. The molecule has 186 valence electrons. The topological polar surface area (TPSA) is 46.2 Å². The Bertz CT molecular complexity index is 1000. The zero-order valence-corrected chi connectivity index (χ0v) is 19.6. The summed E-state index contributed by atoms with van der Waals surface area (Å²) in [6.45, 7) is -0.0121. The maximum absolute atomic E-state index is 15.8. The molecule has 0 spiro atoms. The Morgan fingerprint density at radius 3 is 1.71 bits per heavy atom. The Morgan fingerprint density at radius 1 is 0.714 bits per heavy atom. The van der Waals surface area contributed by atoms with Crippen LogP contribution >= 0.6 is 0 Å². The first-order valence-electron chi connectivity index (χ1n) is 11.6. The molecule has 3 aromatic carbocycles. The summed E-state index contributed by atoms with van der Waals surface area (Å²) in [5.41, 5.74) is 2.51. The summed E-state index contributed by atoms with van der Waals surface area (Å²) in [5.74, 6) is -3.39. The summed E-state index contributed by atoms with van der Waals surface area (Å²) in [4.78, 5) is 0. The first kappa shape index (κ1) is 25.4. The second kappa shape index (κ2) is 12.3. The number of methoxy groups -OCH3 is 1. The molecule has 4 unspecified atom stereocenters. The van der Waals surface area contributed by atoms with Gasteiger partial charge in [0.1, 0.15) is 6.10 Å². The van der Waals surface area contributed by atoms with E-state index in [0.29, 0.717) is 0 Å². The minimum absolute atomic E-state index is 0.000318. The molecular formula is C28H30F2O5. The largest absolute Gasteiger partial charge is 0.374 e. The molecule has 1 aliphatic heterocycles. The van der Waals surface area contributed by atoms with Crippen molar-refractivity contribution in [3.8, 4) is 0 Å². The fourth-order valence-corrected chi connectivity index (χ4v) is 3.97. The molecule has 0 aliphatic carbocycles. The van der Waals surface area contributed by atoms with Crippen LogP contribution in [-0.4, -0.2) is 44.2 Å². The molecule has 0 bridgehead atoms. The van der Waals surface area contributed by atoms with Gasteiger partial charge in [-0.2, -0.15) is 0 Å². The number of rotatable bonds is 11. The molecule has 4 rings (SSSR count). The van der Waals surface area contributed by atoms with Crippen LogP contribution in [0.15, 0.2) is 91.0 Å². The zero-order chi connectivity index (χ0) is 24.5. The predicted molar refractivity (Wildman–Crippen MR) is 127 cm³/mol. The van der Waals surface area contributed by atoms with Gasteiger partial charge in [-0.05, 0) is 16.7 Å². The van der Waals surface area contributed by atoms with Gasteiger partial charge in [-0.3, -0.25) is 0 Å². The van der Waals surface area contributed by atoms with Gasteiger partial charge in [0.25, 0.3) is 0 Å². The monoisotopic (exact) mass is 484 g/mol. The van der Waals surface area contributed by atoms with Crippen LogP contribution in [-0.2, 0) is 43.5 Å². The number of alkyl halides is 2. The van der Waals surface area contributed by atoms with Gasteiger partial charge < -0.3 is 23.7 Å². The molecule has 0 radical (unpaired) electrons. The lowest BCUT2D eigenvalue weighted by molar-refractivity contribution is -0.358. The first-order chi connectivity index (χ1) is 17.1. The van der Waals surface area contributed by atoms with E-state index >= 15 is 8.78 Å². The minimum atomic E-state index is -3.39. The third kappa shape index (κ3) is 6.72. The predicted octanol–water partition coefficient (Wildman–Crippen LogP) is 5.38. The van der Waals surface area contributed by atoms with Crippen LogP contribution < -0.4 is 0 Å². The number of hydrogen-bond donors (Lipinski definition) is 0. The Balaban J connectivity index is 1.50. The van der Waals surface area contributed by atoms with E-state index in [9.17, 15) is 0 Å². The van der Waals surface area contributed by atoms with Crippen molar-refractivity contribution >= 4 is 0 Å². The highest BCUT2D eigenvalue weighted by molar-refractivity contribution is 5.15. The summed E-state index contributed by atoms with van der Waals surface area (Å²) >= 11 is 0. The molecule has 0 saturated carbocycles. The summed E-state index contributed by atoms with van der Waals surface area (Å²) in [6.07, 6.45) is -5.36. The molecule has 35 heavy (non-hydrogen) atoms. The van der Waals surface area contributed by atoms with E-state index in [1.807, 2.05) is 91.0 Å². The molecule has 4 atom stereocenters. The van der Waals surface area contributed by atoms with Crippen molar-refractivity contribution in [3.05, 3.63) is 108 Å². The highest BCUT2D eigenvalue weighted by atomic mass is 19.3. The number of halogens is 2. The van der Waals surface area contributed by atoms with E-state index in [2.05, 4.69) is 0 Å². The zero-order valence-electron chi connectivity index (χ0n) is 19.6. The van der Waals surface area contributed by atoms with Crippen molar-refractivity contribution in [1.82, 2.24) is 0 Å². The van der Waals surface area contributed by atoms with E-state index < -0.39 is 30.5 Å². The first-order valence-corrected chi connectivity index (χ1v) is 11.6. The van der Waals surface area contributed by atoms with Crippen LogP contribution in [0.3, 0.4) is 0 Å². The molecule has 1 aliphatic rings. The SMILES string of the molecule is COC1OC(COCc2ccccc2)C(F)(F)C(OCc2ccccc2)C1OCc1ccccc1. The third-order valence-corrected chi connectivity index (χ3v) is 5.84. The second-order valence-electron chi connectivity index (χ2n) is 8.38. The molecule has 3 aromatic rings. The lowest BCUT2D eigenvalue weighted by Gasteiger charge is -2.45. The van der Waals surface area contributed by atoms with Gasteiger partial charge in [-0.25, -0.2) is 8.78 Å². The molecular weight excluding hydrogens is 454 g/mol. The molecule has 0 N–H and O–H groups in total. The number of benzene rings is 3. The lowest BCUT2D eigenvalue weighted by atomic mass is 9.97.